The van der Waals surface area contributed by atoms with Crippen LogP contribution < -0.4 is 10.1 Å². The predicted molar refractivity (Wildman–Crippen MR) is 102 cm³/mol. The molecule has 2 aromatic carbocycles. The Balaban J connectivity index is 1.79. The third kappa shape index (κ3) is 5.13. The van der Waals surface area contributed by atoms with Crippen molar-refractivity contribution in [3.63, 3.8) is 0 Å². The first-order chi connectivity index (χ1) is 11.9. The second-order valence-electron chi connectivity index (χ2n) is 6.16. The first kappa shape index (κ1) is 19.1. The van der Waals surface area contributed by atoms with Crippen molar-refractivity contribution in [3.8, 4) is 5.75 Å². The summed E-state index contributed by atoms with van der Waals surface area (Å²) in [5, 5.41) is 13.3. The fourth-order valence-electron chi connectivity index (χ4n) is 2.70. The van der Waals surface area contributed by atoms with E-state index in [1.54, 1.807) is 12.1 Å². The molecule has 0 aliphatic carbocycles. The maximum absolute atomic E-state index is 11.3. The van der Waals surface area contributed by atoms with E-state index >= 15 is 0 Å². The SMILES string of the molecule is Cc1cc(OCCCCNc2c(C)cccc2C(=O)O)cc(C)c1Cl. The largest absolute Gasteiger partial charge is 0.494 e. The summed E-state index contributed by atoms with van der Waals surface area (Å²) in [7, 11) is 0. The Hall–Kier alpha value is -2.20. The van der Waals surface area contributed by atoms with Crippen LogP contribution in [0.4, 0.5) is 5.69 Å². The third-order valence-electron chi connectivity index (χ3n) is 4.05. The van der Waals surface area contributed by atoms with Crippen LogP contribution >= 0.6 is 11.6 Å². The van der Waals surface area contributed by atoms with Crippen molar-refractivity contribution >= 4 is 23.3 Å². The first-order valence-electron chi connectivity index (χ1n) is 8.36. The maximum atomic E-state index is 11.3. The molecule has 0 aliphatic rings. The van der Waals surface area contributed by atoms with Crippen LogP contribution in [-0.4, -0.2) is 24.2 Å². The highest BCUT2D eigenvalue weighted by Gasteiger charge is 2.11. The number of hydrogen-bond donors (Lipinski definition) is 2. The van der Waals surface area contributed by atoms with Gasteiger partial charge in [-0.05, 0) is 68.5 Å². The lowest BCUT2D eigenvalue weighted by Crippen LogP contribution is -2.10. The minimum atomic E-state index is -0.914. The number of carboxylic acid groups (broad SMARTS) is 1. The van der Waals surface area contributed by atoms with E-state index in [0.717, 1.165) is 40.3 Å². The van der Waals surface area contributed by atoms with Crippen LogP contribution in [0, 0.1) is 20.8 Å². The minimum Gasteiger partial charge on any atom is -0.494 e. The van der Waals surface area contributed by atoms with E-state index in [9.17, 15) is 9.90 Å². The minimum absolute atomic E-state index is 0.309. The quantitative estimate of drug-likeness (QED) is 0.631. The zero-order valence-corrected chi connectivity index (χ0v) is 15.6. The van der Waals surface area contributed by atoms with Gasteiger partial charge < -0.3 is 15.2 Å². The lowest BCUT2D eigenvalue weighted by molar-refractivity contribution is 0.0698. The van der Waals surface area contributed by atoms with Gasteiger partial charge in [0.25, 0.3) is 0 Å². The molecule has 0 atom stereocenters. The number of carbonyl (C=O) groups is 1. The molecule has 2 aromatic rings. The van der Waals surface area contributed by atoms with E-state index in [2.05, 4.69) is 5.32 Å². The molecule has 0 saturated carbocycles. The molecule has 0 amide bonds. The maximum Gasteiger partial charge on any atom is 0.337 e. The van der Waals surface area contributed by atoms with E-state index in [0.29, 0.717) is 24.4 Å². The zero-order valence-electron chi connectivity index (χ0n) is 14.9. The number of unbranched alkanes of at least 4 members (excludes halogenated alkanes) is 1. The molecule has 2 N–H and O–H groups in total. The highest BCUT2D eigenvalue weighted by molar-refractivity contribution is 6.32. The van der Waals surface area contributed by atoms with Gasteiger partial charge in [-0.1, -0.05) is 23.7 Å². The number of aromatic carboxylic acids is 1. The Morgan fingerprint density at radius 1 is 1.12 bits per heavy atom. The second-order valence-corrected chi connectivity index (χ2v) is 6.53. The molecule has 0 unspecified atom stereocenters. The highest BCUT2D eigenvalue weighted by Crippen LogP contribution is 2.26. The first-order valence-corrected chi connectivity index (χ1v) is 8.74. The standard InChI is InChI=1S/C20H24ClNO3/c1-13-7-6-8-17(20(23)24)19(13)22-9-4-5-10-25-16-11-14(2)18(21)15(3)12-16/h6-8,11-12,22H,4-5,9-10H2,1-3H3,(H,23,24). The van der Waals surface area contributed by atoms with Crippen LogP contribution in [0.1, 0.15) is 39.9 Å². The Kier molecular flexibility index (Phi) is 6.71. The molecule has 0 bridgehead atoms. The summed E-state index contributed by atoms with van der Waals surface area (Å²) in [6, 6.07) is 9.17. The van der Waals surface area contributed by atoms with E-state index in [1.807, 2.05) is 39.0 Å². The highest BCUT2D eigenvalue weighted by atomic mass is 35.5. The van der Waals surface area contributed by atoms with Gasteiger partial charge in [0.15, 0.2) is 0 Å². The van der Waals surface area contributed by atoms with Crippen molar-refractivity contribution < 1.29 is 14.6 Å². The molecule has 0 saturated heterocycles. The molecule has 0 spiro atoms. The van der Waals surface area contributed by atoms with Crippen molar-refractivity contribution in [2.24, 2.45) is 0 Å². The van der Waals surface area contributed by atoms with Gasteiger partial charge in [-0.2, -0.15) is 0 Å². The van der Waals surface area contributed by atoms with E-state index in [-0.39, 0.29) is 0 Å². The summed E-state index contributed by atoms with van der Waals surface area (Å²) in [4.78, 5) is 11.3. The topological polar surface area (TPSA) is 58.6 Å². The smallest absolute Gasteiger partial charge is 0.337 e. The van der Waals surface area contributed by atoms with Gasteiger partial charge in [0.1, 0.15) is 5.75 Å². The number of hydrogen-bond acceptors (Lipinski definition) is 3. The Labute approximate surface area is 153 Å². The lowest BCUT2D eigenvalue weighted by atomic mass is 10.1. The number of anilines is 1. The van der Waals surface area contributed by atoms with Crippen LogP contribution in [0.5, 0.6) is 5.75 Å². The fourth-order valence-corrected chi connectivity index (χ4v) is 2.81. The molecule has 0 fully saturated rings. The van der Waals surface area contributed by atoms with Crippen molar-refractivity contribution in [2.75, 3.05) is 18.5 Å². The molecule has 0 aliphatic heterocycles. The number of rotatable bonds is 8. The van der Waals surface area contributed by atoms with Crippen molar-refractivity contribution in [2.45, 2.75) is 33.6 Å². The van der Waals surface area contributed by atoms with Crippen LogP contribution in [0.15, 0.2) is 30.3 Å². The summed E-state index contributed by atoms with van der Waals surface area (Å²) in [5.74, 6) is -0.0811. The summed E-state index contributed by atoms with van der Waals surface area (Å²) < 4.78 is 5.78. The van der Waals surface area contributed by atoms with Crippen LogP contribution in [0.2, 0.25) is 5.02 Å². The van der Waals surface area contributed by atoms with E-state index in [4.69, 9.17) is 16.3 Å². The normalized spacial score (nSPS) is 10.6. The molecule has 2 rings (SSSR count). The molecular weight excluding hydrogens is 338 g/mol. The molecule has 134 valence electrons. The summed E-state index contributed by atoms with van der Waals surface area (Å²) in [5.41, 5.74) is 3.96. The number of benzene rings is 2. The number of ether oxygens (including phenoxy) is 1. The Bertz CT molecular complexity index is 736. The number of carboxylic acids is 1. The summed E-state index contributed by atoms with van der Waals surface area (Å²) in [6.45, 7) is 7.15. The summed E-state index contributed by atoms with van der Waals surface area (Å²) >= 11 is 6.15. The van der Waals surface area contributed by atoms with Gasteiger partial charge in [-0.15, -0.1) is 0 Å². The van der Waals surface area contributed by atoms with Crippen molar-refractivity contribution in [3.05, 3.63) is 57.6 Å². The Morgan fingerprint density at radius 2 is 1.80 bits per heavy atom. The van der Waals surface area contributed by atoms with Crippen LogP contribution in [0.25, 0.3) is 0 Å². The van der Waals surface area contributed by atoms with Gasteiger partial charge in [0.05, 0.1) is 17.9 Å². The molecule has 0 aromatic heterocycles. The molecule has 25 heavy (non-hydrogen) atoms. The average molecular weight is 362 g/mol. The zero-order chi connectivity index (χ0) is 18.4. The van der Waals surface area contributed by atoms with Crippen LogP contribution in [-0.2, 0) is 0 Å². The number of halogens is 1. The lowest BCUT2D eigenvalue weighted by Gasteiger charge is -2.13. The van der Waals surface area contributed by atoms with Gasteiger partial charge in [-0.3, -0.25) is 0 Å². The summed E-state index contributed by atoms with van der Waals surface area (Å²) in [6.07, 6.45) is 1.76. The second kappa shape index (κ2) is 8.77. The molecule has 0 radical (unpaired) electrons. The van der Waals surface area contributed by atoms with E-state index < -0.39 is 5.97 Å². The molecule has 0 heterocycles. The van der Waals surface area contributed by atoms with Gasteiger partial charge in [0, 0.05) is 11.6 Å². The third-order valence-corrected chi connectivity index (χ3v) is 4.65. The van der Waals surface area contributed by atoms with Crippen molar-refractivity contribution in [1.82, 2.24) is 0 Å². The number of aryl methyl sites for hydroxylation is 3. The van der Waals surface area contributed by atoms with Crippen molar-refractivity contribution in [1.29, 1.82) is 0 Å². The van der Waals surface area contributed by atoms with Gasteiger partial charge >= 0.3 is 5.97 Å². The number of para-hydroxylation sites is 1. The monoisotopic (exact) mass is 361 g/mol. The van der Waals surface area contributed by atoms with Crippen LogP contribution in [0.3, 0.4) is 0 Å². The molecular formula is C20H24ClNO3. The average Bonchev–Trinajstić information content (AvgIpc) is 2.56. The molecule has 4 nitrogen and oxygen atoms in total. The number of nitrogens with one attached hydrogen (secondary N) is 1. The van der Waals surface area contributed by atoms with Gasteiger partial charge in [0.2, 0.25) is 0 Å². The fraction of sp³-hybridized carbons (Fsp3) is 0.350. The molecule has 5 heteroatoms. The predicted octanol–water partition coefficient (Wildman–Crippen LogP) is 5.23. The van der Waals surface area contributed by atoms with E-state index in [1.165, 1.54) is 0 Å². The Morgan fingerprint density at radius 3 is 2.44 bits per heavy atom. The van der Waals surface area contributed by atoms with Gasteiger partial charge in [-0.25, -0.2) is 4.79 Å².